The van der Waals surface area contributed by atoms with Crippen molar-refractivity contribution in [3.8, 4) is 0 Å². The fourth-order valence-corrected chi connectivity index (χ4v) is 4.86. The summed E-state index contributed by atoms with van der Waals surface area (Å²) < 4.78 is 0. The molecule has 0 aliphatic rings. The van der Waals surface area contributed by atoms with Gasteiger partial charge in [0.1, 0.15) is 0 Å². The van der Waals surface area contributed by atoms with E-state index in [0.29, 0.717) is 9.45 Å². The molecule has 0 rings (SSSR count). The van der Waals surface area contributed by atoms with Gasteiger partial charge in [-0.2, -0.15) is 18.9 Å². The summed E-state index contributed by atoms with van der Waals surface area (Å²) in [5.41, 5.74) is 0. The first-order valence-corrected chi connectivity index (χ1v) is 7.10. The van der Waals surface area contributed by atoms with Gasteiger partial charge >= 0.3 is 0 Å². The molecule has 0 bridgehead atoms. The molecule has 0 saturated heterocycles. The molecule has 0 nitrogen and oxygen atoms in total. The van der Waals surface area contributed by atoms with Crippen molar-refractivity contribution in [2.45, 2.75) is 13.8 Å². The first kappa shape index (κ1) is 8.70. The number of hydrogen-bond donors (Lipinski definition) is 0. The Hall–Kier alpha value is 0.700. The molecule has 0 amide bonds. The normalized spacial score (nSPS) is 11.2. The Kier molecular flexibility index (Phi) is 4.97. The van der Waals surface area contributed by atoms with Gasteiger partial charge in [0.2, 0.25) is 0 Å². The maximum Gasteiger partial charge on any atom is -0.00963 e. The van der Waals surface area contributed by atoms with Crippen LogP contribution in [-0.2, 0) is 18.9 Å². The highest BCUT2D eigenvalue weighted by atomic mass is 32.9. The van der Waals surface area contributed by atoms with E-state index < -0.39 is 0 Å². The molecule has 0 unspecified atom stereocenters. The van der Waals surface area contributed by atoms with Crippen LogP contribution >= 0.6 is 0 Å². The Balaban J connectivity index is 3.86. The first-order chi connectivity index (χ1) is 3.72. The SMILES string of the molecule is CCS(CC)=S(C)C. The van der Waals surface area contributed by atoms with E-state index >= 15 is 0 Å². The largest absolute Gasteiger partial charge is 0.168 e. The summed E-state index contributed by atoms with van der Waals surface area (Å²) in [4.78, 5) is 0. The fraction of sp³-hybridized carbons (Fsp3) is 1.00. The minimum Gasteiger partial charge on any atom is -0.168 e. The zero-order valence-electron chi connectivity index (χ0n) is 6.23. The molecular formula is C6H16S2. The summed E-state index contributed by atoms with van der Waals surface area (Å²) in [5.74, 6) is 2.76. The molecule has 0 aromatic rings. The molecule has 0 fully saturated rings. The van der Waals surface area contributed by atoms with E-state index in [9.17, 15) is 0 Å². The Morgan fingerprint density at radius 1 is 1.00 bits per heavy atom. The van der Waals surface area contributed by atoms with Crippen LogP contribution in [0.1, 0.15) is 13.8 Å². The number of hydrogen-bond acceptors (Lipinski definition) is 0. The van der Waals surface area contributed by atoms with Crippen LogP contribution in [0, 0.1) is 0 Å². The van der Waals surface area contributed by atoms with Crippen molar-refractivity contribution < 1.29 is 0 Å². The van der Waals surface area contributed by atoms with E-state index in [2.05, 4.69) is 26.4 Å². The predicted octanol–water partition coefficient (Wildman–Crippen LogP) is 1.44. The van der Waals surface area contributed by atoms with Crippen LogP contribution in [0.5, 0.6) is 0 Å². The minimum absolute atomic E-state index is 0.674. The van der Waals surface area contributed by atoms with Crippen molar-refractivity contribution in [3.05, 3.63) is 0 Å². The van der Waals surface area contributed by atoms with E-state index in [-0.39, 0.29) is 0 Å². The minimum atomic E-state index is 0.674. The lowest BCUT2D eigenvalue weighted by Crippen LogP contribution is -2.02. The van der Waals surface area contributed by atoms with E-state index in [1.165, 1.54) is 11.5 Å². The third-order valence-electron chi connectivity index (χ3n) is 1.12. The molecule has 0 radical (unpaired) electrons. The molecule has 0 aromatic heterocycles. The van der Waals surface area contributed by atoms with Crippen molar-refractivity contribution in [3.63, 3.8) is 0 Å². The summed E-state index contributed by atoms with van der Waals surface area (Å²) in [6, 6.07) is 0. The Morgan fingerprint density at radius 2 is 1.38 bits per heavy atom. The average Bonchev–Trinajstić information content (AvgIpc) is 1.69. The molecule has 0 saturated carbocycles. The lowest BCUT2D eigenvalue weighted by Gasteiger charge is -2.04. The summed E-state index contributed by atoms with van der Waals surface area (Å²) in [5, 5.41) is 0. The van der Waals surface area contributed by atoms with Crippen molar-refractivity contribution in [1.29, 1.82) is 0 Å². The second-order valence-corrected chi connectivity index (χ2v) is 8.69. The number of rotatable bonds is 2. The van der Waals surface area contributed by atoms with E-state index in [0.717, 1.165) is 9.45 Å². The molecule has 2 heteroatoms. The average molecular weight is 152 g/mol. The molecule has 52 valence electrons. The topological polar surface area (TPSA) is 0 Å². The molecule has 0 aromatic carbocycles. The quantitative estimate of drug-likeness (QED) is 0.562. The molecular weight excluding hydrogens is 136 g/mol. The molecule has 8 heavy (non-hydrogen) atoms. The molecule has 0 N–H and O–H groups in total. The third-order valence-corrected chi connectivity index (χ3v) is 7.59. The van der Waals surface area contributed by atoms with Gasteiger partial charge in [-0.25, -0.2) is 0 Å². The Bertz CT molecular complexity index is 84.7. The zero-order valence-corrected chi connectivity index (χ0v) is 7.86. The van der Waals surface area contributed by atoms with Crippen LogP contribution in [-0.4, -0.2) is 24.0 Å². The predicted molar refractivity (Wildman–Crippen MR) is 47.7 cm³/mol. The maximum absolute atomic E-state index is 2.34. The molecule has 0 aliphatic heterocycles. The molecule has 0 heterocycles. The smallest absolute Gasteiger partial charge is 0.00963 e. The van der Waals surface area contributed by atoms with Gasteiger partial charge in [-0.15, -0.1) is 0 Å². The van der Waals surface area contributed by atoms with Crippen LogP contribution in [0.3, 0.4) is 0 Å². The highest BCUT2D eigenvalue weighted by Gasteiger charge is 1.86. The summed E-state index contributed by atoms with van der Waals surface area (Å²) >= 11 is 0. The van der Waals surface area contributed by atoms with Crippen LogP contribution in [0.25, 0.3) is 0 Å². The van der Waals surface area contributed by atoms with E-state index in [4.69, 9.17) is 0 Å². The fourth-order valence-electron chi connectivity index (χ4n) is 0.676. The van der Waals surface area contributed by atoms with Crippen molar-refractivity contribution >= 4 is 18.9 Å². The lowest BCUT2D eigenvalue weighted by atomic mass is 11.0. The zero-order chi connectivity index (χ0) is 6.57. The van der Waals surface area contributed by atoms with Crippen molar-refractivity contribution in [2.24, 2.45) is 0 Å². The summed E-state index contributed by atoms with van der Waals surface area (Å²) in [6.45, 7) is 4.58. The van der Waals surface area contributed by atoms with Crippen LogP contribution < -0.4 is 0 Å². The van der Waals surface area contributed by atoms with Gasteiger partial charge in [0, 0.05) is 0 Å². The lowest BCUT2D eigenvalue weighted by molar-refractivity contribution is 1.45. The van der Waals surface area contributed by atoms with Crippen molar-refractivity contribution in [2.75, 3.05) is 24.0 Å². The molecule has 0 atom stereocenters. The summed E-state index contributed by atoms with van der Waals surface area (Å²) in [7, 11) is 1.41. The van der Waals surface area contributed by atoms with Crippen LogP contribution in [0.2, 0.25) is 0 Å². The van der Waals surface area contributed by atoms with Crippen LogP contribution in [0.4, 0.5) is 0 Å². The maximum atomic E-state index is 2.34. The van der Waals surface area contributed by atoms with Gasteiger partial charge in [-0.05, 0) is 24.0 Å². The highest BCUT2D eigenvalue weighted by Crippen LogP contribution is 1.88. The van der Waals surface area contributed by atoms with Gasteiger partial charge in [0.25, 0.3) is 0 Å². The Labute approximate surface area is 57.2 Å². The molecule has 0 aliphatic carbocycles. The standard InChI is InChI=1S/C6H16S2/c1-5-8(6-2)7(3)4/h5-6H2,1-4H3. The van der Waals surface area contributed by atoms with Gasteiger partial charge in [0.05, 0.1) is 0 Å². The monoisotopic (exact) mass is 152 g/mol. The van der Waals surface area contributed by atoms with Gasteiger partial charge in [-0.3, -0.25) is 0 Å². The van der Waals surface area contributed by atoms with E-state index in [1.54, 1.807) is 0 Å². The van der Waals surface area contributed by atoms with Gasteiger partial charge in [0.15, 0.2) is 0 Å². The van der Waals surface area contributed by atoms with Gasteiger partial charge < -0.3 is 0 Å². The second-order valence-electron chi connectivity index (χ2n) is 1.76. The third kappa shape index (κ3) is 2.88. The second kappa shape index (κ2) is 4.57. The van der Waals surface area contributed by atoms with Crippen LogP contribution in [0.15, 0.2) is 0 Å². The highest BCUT2D eigenvalue weighted by molar-refractivity contribution is 8.43. The summed E-state index contributed by atoms with van der Waals surface area (Å²) in [6.07, 6.45) is 4.69. The van der Waals surface area contributed by atoms with E-state index in [1.807, 2.05) is 0 Å². The molecule has 0 spiro atoms. The van der Waals surface area contributed by atoms with Gasteiger partial charge in [-0.1, -0.05) is 13.8 Å². The first-order valence-electron chi connectivity index (χ1n) is 2.97. The van der Waals surface area contributed by atoms with Crippen molar-refractivity contribution in [1.82, 2.24) is 0 Å². The Morgan fingerprint density at radius 3 is 1.38 bits per heavy atom.